The number of benzene rings is 1. The molecular weight excluding hydrogens is 274 g/mol. The monoisotopic (exact) mass is 301 g/mol. The van der Waals surface area contributed by atoms with E-state index in [-0.39, 0.29) is 11.8 Å². The molecule has 22 heavy (non-hydrogen) atoms. The summed E-state index contributed by atoms with van der Waals surface area (Å²) < 4.78 is 0. The van der Waals surface area contributed by atoms with Crippen molar-refractivity contribution in [1.29, 1.82) is 0 Å². The fraction of sp³-hybridized carbons (Fsp3) is 0.611. The van der Waals surface area contributed by atoms with Gasteiger partial charge in [-0.25, -0.2) is 0 Å². The molecule has 1 aromatic carbocycles. The first-order valence-electron chi connectivity index (χ1n) is 8.59. The van der Waals surface area contributed by atoms with E-state index in [0.29, 0.717) is 0 Å². The molecule has 4 heteroatoms. The van der Waals surface area contributed by atoms with E-state index in [9.17, 15) is 4.79 Å². The molecule has 2 heterocycles. The van der Waals surface area contributed by atoms with Gasteiger partial charge in [0.1, 0.15) is 0 Å². The van der Waals surface area contributed by atoms with Crippen LogP contribution in [0.3, 0.4) is 0 Å². The molecule has 2 fully saturated rings. The highest BCUT2D eigenvalue weighted by molar-refractivity contribution is 5.93. The van der Waals surface area contributed by atoms with Gasteiger partial charge in [0.05, 0.1) is 0 Å². The fourth-order valence-corrected chi connectivity index (χ4v) is 3.38. The van der Waals surface area contributed by atoms with Crippen molar-refractivity contribution in [3.05, 3.63) is 24.3 Å². The van der Waals surface area contributed by atoms with Gasteiger partial charge in [0.15, 0.2) is 0 Å². The molecule has 0 aliphatic carbocycles. The van der Waals surface area contributed by atoms with Crippen LogP contribution in [0.1, 0.15) is 32.6 Å². The second-order valence-corrected chi connectivity index (χ2v) is 6.73. The molecule has 2 aliphatic rings. The van der Waals surface area contributed by atoms with E-state index < -0.39 is 0 Å². The molecule has 2 saturated heterocycles. The quantitative estimate of drug-likeness (QED) is 0.902. The van der Waals surface area contributed by atoms with E-state index in [4.69, 9.17) is 0 Å². The van der Waals surface area contributed by atoms with E-state index in [1.54, 1.807) is 0 Å². The van der Waals surface area contributed by atoms with Crippen molar-refractivity contribution in [2.45, 2.75) is 32.6 Å². The van der Waals surface area contributed by atoms with Gasteiger partial charge in [-0.1, -0.05) is 13.0 Å². The topological polar surface area (TPSA) is 44.4 Å². The number of hydrogen-bond donors (Lipinski definition) is 2. The smallest absolute Gasteiger partial charge is 0.227 e. The first-order chi connectivity index (χ1) is 10.7. The molecule has 0 atom stereocenters. The van der Waals surface area contributed by atoms with E-state index in [0.717, 1.165) is 50.6 Å². The molecule has 0 aromatic heterocycles. The minimum absolute atomic E-state index is 0.153. The van der Waals surface area contributed by atoms with Crippen molar-refractivity contribution in [2.24, 2.45) is 11.8 Å². The van der Waals surface area contributed by atoms with Gasteiger partial charge in [-0.3, -0.25) is 4.79 Å². The maximum absolute atomic E-state index is 12.3. The molecule has 3 rings (SSSR count). The summed E-state index contributed by atoms with van der Waals surface area (Å²) >= 11 is 0. The predicted octanol–water partition coefficient (Wildman–Crippen LogP) is 2.86. The number of carbonyl (C=O) groups is 1. The van der Waals surface area contributed by atoms with Gasteiger partial charge in [-0.2, -0.15) is 0 Å². The maximum Gasteiger partial charge on any atom is 0.227 e. The number of piperidine rings is 2. The van der Waals surface area contributed by atoms with Crippen molar-refractivity contribution in [2.75, 3.05) is 36.4 Å². The minimum Gasteiger partial charge on any atom is -0.371 e. The Balaban J connectivity index is 1.62. The summed E-state index contributed by atoms with van der Waals surface area (Å²) in [4.78, 5) is 14.8. The van der Waals surface area contributed by atoms with Crippen LogP contribution in [0.4, 0.5) is 11.4 Å². The van der Waals surface area contributed by atoms with Gasteiger partial charge < -0.3 is 15.5 Å². The lowest BCUT2D eigenvalue weighted by atomic mass is 9.97. The predicted molar refractivity (Wildman–Crippen MR) is 91.3 cm³/mol. The van der Waals surface area contributed by atoms with Crippen LogP contribution in [-0.4, -0.2) is 32.1 Å². The van der Waals surface area contributed by atoms with Crippen LogP contribution >= 0.6 is 0 Å². The number of hydrogen-bond acceptors (Lipinski definition) is 3. The van der Waals surface area contributed by atoms with Gasteiger partial charge >= 0.3 is 0 Å². The standard InChI is InChI=1S/C18H27N3O/c1-14-7-11-21(12-8-14)17-4-2-3-16(13-17)20-18(22)15-5-9-19-10-6-15/h2-4,13-15,19H,5-12H2,1H3,(H,20,22). The van der Waals surface area contributed by atoms with E-state index in [2.05, 4.69) is 34.6 Å². The van der Waals surface area contributed by atoms with Crippen LogP contribution in [0.2, 0.25) is 0 Å². The third-order valence-electron chi connectivity index (χ3n) is 4.97. The normalized spacial score (nSPS) is 20.9. The highest BCUT2D eigenvalue weighted by Gasteiger charge is 2.21. The number of anilines is 2. The molecule has 4 nitrogen and oxygen atoms in total. The summed E-state index contributed by atoms with van der Waals surface area (Å²) in [5.41, 5.74) is 2.16. The molecule has 1 amide bonds. The molecule has 1 aromatic rings. The molecule has 0 radical (unpaired) electrons. The molecule has 0 unspecified atom stereocenters. The lowest BCUT2D eigenvalue weighted by Crippen LogP contribution is -2.35. The van der Waals surface area contributed by atoms with Crippen LogP contribution in [0, 0.1) is 11.8 Å². The highest BCUT2D eigenvalue weighted by Crippen LogP contribution is 2.25. The van der Waals surface area contributed by atoms with Gasteiger partial charge in [0.25, 0.3) is 0 Å². The SMILES string of the molecule is CC1CCN(c2cccc(NC(=O)C3CCNCC3)c2)CC1. The van der Waals surface area contributed by atoms with E-state index in [1.165, 1.54) is 18.5 Å². The Morgan fingerprint density at radius 2 is 1.91 bits per heavy atom. The zero-order valence-electron chi connectivity index (χ0n) is 13.5. The largest absolute Gasteiger partial charge is 0.371 e. The zero-order valence-corrected chi connectivity index (χ0v) is 13.5. The van der Waals surface area contributed by atoms with Crippen LogP contribution < -0.4 is 15.5 Å². The van der Waals surface area contributed by atoms with Crippen molar-refractivity contribution in [3.63, 3.8) is 0 Å². The first-order valence-corrected chi connectivity index (χ1v) is 8.59. The van der Waals surface area contributed by atoms with E-state index >= 15 is 0 Å². The number of nitrogens with one attached hydrogen (secondary N) is 2. The maximum atomic E-state index is 12.3. The number of nitrogens with zero attached hydrogens (tertiary/aromatic N) is 1. The molecular formula is C18H27N3O. The van der Waals surface area contributed by atoms with Crippen molar-refractivity contribution in [3.8, 4) is 0 Å². The second kappa shape index (κ2) is 7.14. The minimum atomic E-state index is 0.153. The Kier molecular flexibility index (Phi) is 4.98. The van der Waals surface area contributed by atoms with Gasteiger partial charge in [-0.05, 0) is 62.9 Å². The van der Waals surface area contributed by atoms with Gasteiger partial charge in [0, 0.05) is 30.4 Å². The van der Waals surface area contributed by atoms with Gasteiger partial charge in [-0.15, -0.1) is 0 Å². The Bertz CT molecular complexity index is 503. The van der Waals surface area contributed by atoms with Gasteiger partial charge in [0.2, 0.25) is 5.91 Å². The Morgan fingerprint density at radius 1 is 1.18 bits per heavy atom. The van der Waals surface area contributed by atoms with Crippen molar-refractivity contribution < 1.29 is 4.79 Å². The molecule has 0 spiro atoms. The van der Waals surface area contributed by atoms with Crippen LogP contribution in [-0.2, 0) is 4.79 Å². The molecule has 0 saturated carbocycles. The van der Waals surface area contributed by atoms with Crippen LogP contribution in [0.5, 0.6) is 0 Å². The summed E-state index contributed by atoms with van der Waals surface area (Å²) in [6.07, 6.45) is 4.39. The van der Waals surface area contributed by atoms with Crippen molar-refractivity contribution >= 4 is 17.3 Å². The fourth-order valence-electron chi connectivity index (χ4n) is 3.38. The van der Waals surface area contributed by atoms with Crippen LogP contribution in [0.25, 0.3) is 0 Å². The molecule has 120 valence electrons. The third kappa shape index (κ3) is 3.80. The zero-order chi connectivity index (χ0) is 15.4. The highest BCUT2D eigenvalue weighted by atomic mass is 16.1. The summed E-state index contributed by atoms with van der Waals surface area (Å²) in [7, 11) is 0. The summed E-state index contributed by atoms with van der Waals surface area (Å²) in [6.45, 7) is 6.46. The molecule has 2 aliphatic heterocycles. The second-order valence-electron chi connectivity index (χ2n) is 6.73. The van der Waals surface area contributed by atoms with Crippen LogP contribution in [0.15, 0.2) is 24.3 Å². The Hall–Kier alpha value is -1.55. The Morgan fingerprint density at radius 3 is 2.64 bits per heavy atom. The molecule has 2 N–H and O–H groups in total. The lowest BCUT2D eigenvalue weighted by molar-refractivity contribution is -0.120. The Labute approximate surface area is 133 Å². The van der Waals surface area contributed by atoms with Crippen molar-refractivity contribution in [1.82, 2.24) is 5.32 Å². The molecule has 0 bridgehead atoms. The number of amides is 1. The van der Waals surface area contributed by atoms with E-state index in [1.807, 2.05) is 12.1 Å². The average molecular weight is 301 g/mol. The summed E-state index contributed by atoms with van der Waals surface area (Å²) in [5, 5.41) is 6.41. The number of rotatable bonds is 3. The summed E-state index contributed by atoms with van der Waals surface area (Å²) in [5.74, 6) is 1.16. The third-order valence-corrected chi connectivity index (χ3v) is 4.97. The number of carbonyl (C=O) groups excluding carboxylic acids is 1. The average Bonchev–Trinajstić information content (AvgIpc) is 2.56. The summed E-state index contributed by atoms with van der Waals surface area (Å²) in [6, 6.07) is 8.31. The lowest BCUT2D eigenvalue weighted by Gasteiger charge is -2.32. The first kappa shape index (κ1) is 15.3.